The quantitative estimate of drug-likeness (QED) is 0.185. The van der Waals surface area contributed by atoms with E-state index in [9.17, 15) is 0 Å². The van der Waals surface area contributed by atoms with Crippen LogP contribution in [-0.4, -0.2) is 27.2 Å². The van der Waals surface area contributed by atoms with Crippen molar-refractivity contribution in [1.29, 1.82) is 0 Å². The smallest absolute Gasteiger partial charge is 0.103 e. The van der Waals surface area contributed by atoms with Gasteiger partial charge in [0.05, 0.1) is 20.7 Å². The van der Waals surface area contributed by atoms with E-state index in [4.69, 9.17) is 4.18 Å². The van der Waals surface area contributed by atoms with E-state index in [2.05, 4.69) is 96.0 Å². The van der Waals surface area contributed by atoms with E-state index in [0.717, 1.165) is 13.0 Å². The fourth-order valence-electron chi connectivity index (χ4n) is 3.80. The third-order valence-electron chi connectivity index (χ3n) is 6.06. The van der Waals surface area contributed by atoms with Crippen molar-refractivity contribution in [3.8, 4) is 0 Å². The predicted octanol–water partition coefficient (Wildman–Crippen LogP) is 9.23. The Bertz CT molecular complexity index is 731. The molecule has 0 saturated heterocycles. The fraction of sp³-hybridized carbons (Fsp3) is 0.576. The molecule has 1 aromatic rings. The SMILES string of the molecule is C=C(C[NH+](C)CCCCCCC)c1ccccc1.CCCCCCC.COSC1=CCC=C(C)C=C1. The number of allylic oxidation sites excluding steroid dienone is 5. The molecule has 2 nitrogen and oxygen atoms in total. The van der Waals surface area contributed by atoms with E-state index >= 15 is 0 Å². The first kappa shape index (κ1) is 34.5. The number of rotatable bonds is 15. The number of likely N-dealkylation sites (N-methyl/N-ethyl adjacent to an activating group) is 1. The van der Waals surface area contributed by atoms with E-state index < -0.39 is 0 Å². The van der Waals surface area contributed by atoms with Gasteiger partial charge in [-0.05, 0) is 37.8 Å². The van der Waals surface area contributed by atoms with Crippen LogP contribution in [0.3, 0.4) is 0 Å². The molecular weight excluding hydrogens is 458 g/mol. The van der Waals surface area contributed by atoms with Gasteiger partial charge in [0.1, 0.15) is 6.54 Å². The molecule has 0 spiro atoms. The molecule has 0 fully saturated rings. The van der Waals surface area contributed by atoms with Crippen LogP contribution in [-0.2, 0) is 4.18 Å². The van der Waals surface area contributed by atoms with Crippen LogP contribution in [0.4, 0.5) is 0 Å². The molecule has 2 rings (SSSR count). The summed E-state index contributed by atoms with van der Waals surface area (Å²) in [6.45, 7) is 15.4. The van der Waals surface area contributed by atoms with Gasteiger partial charge in [0.15, 0.2) is 0 Å². The Hall–Kier alpha value is -1.55. The lowest BCUT2D eigenvalue weighted by atomic mass is 10.1. The Kier molecular flexibility index (Phi) is 24.0. The molecule has 3 heteroatoms. The van der Waals surface area contributed by atoms with E-state index in [1.807, 2.05) is 0 Å². The van der Waals surface area contributed by atoms with Crippen molar-refractivity contribution in [3.05, 3.63) is 77.3 Å². The first-order valence-corrected chi connectivity index (χ1v) is 15.0. The van der Waals surface area contributed by atoms with Gasteiger partial charge in [0.25, 0.3) is 0 Å². The van der Waals surface area contributed by atoms with Gasteiger partial charge >= 0.3 is 0 Å². The summed E-state index contributed by atoms with van der Waals surface area (Å²) in [5, 5.41) is 0. The van der Waals surface area contributed by atoms with Crippen molar-refractivity contribution < 1.29 is 9.08 Å². The number of hydrogen-bond donors (Lipinski definition) is 1. The van der Waals surface area contributed by atoms with Crippen molar-refractivity contribution >= 4 is 17.6 Å². The average molecular weight is 515 g/mol. The van der Waals surface area contributed by atoms with E-state index in [1.54, 1.807) is 12.0 Å². The van der Waals surface area contributed by atoms with Crippen LogP contribution in [0, 0.1) is 0 Å². The summed E-state index contributed by atoms with van der Waals surface area (Å²) >= 11 is 1.41. The minimum absolute atomic E-state index is 1.00. The second-order valence-corrected chi connectivity index (χ2v) is 10.7. The summed E-state index contributed by atoms with van der Waals surface area (Å²) in [5.41, 5.74) is 3.84. The molecule has 1 unspecified atom stereocenters. The number of hydrogen-bond acceptors (Lipinski definition) is 2. The molecule has 0 aromatic heterocycles. The largest absolute Gasteiger partial charge is 0.334 e. The third kappa shape index (κ3) is 20.6. The van der Waals surface area contributed by atoms with Crippen LogP contribution in [0.25, 0.3) is 5.57 Å². The highest BCUT2D eigenvalue weighted by atomic mass is 32.2. The van der Waals surface area contributed by atoms with E-state index in [1.165, 1.54) is 104 Å². The first-order chi connectivity index (χ1) is 17.5. The maximum atomic E-state index is 4.95. The van der Waals surface area contributed by atoms with Crippen molar-refractivity contribution in [2.45, 2.75) is 98.3 Å². The van der Waals surface area contributed by atoms with Crippen LogP contribution >= 0.6 is 12.0 Å². The zero-order valence-electron chi connectivity index (χ0n) is 24.4. The van der Waals surface area contributed by atoms with Crippen LogP contribution in [0.15, 0.2) is 71.7 Å². The molecule has 0 radical (unpaired) electrons. The van der Waals surface area contributed by atoms with E-state index in [0.29, 0.717) is 0 Å². The van der Waals surface area contributed by atoms with Gasteiger partial charge in [-0.3, -0.25) is 0 Å². The molecule has 0 aliphatic heterocycles. The number of benzene rings is 1. The van der Waals surface area contributed by atoms with Gasteiger partial charge in [0.2, 0.25) is 0 Å². The fourth-order valence-corrected chi connectivity index (χ4v) is 4.28. The molecule has 1 aliphatic rings. The van der Waals surface area contributed by atoms with Crippen molar-refractivity contribution in [3.63, 3.8) is 0 Å². The van der Waals surface area contributed by atoms with Crippen molar-refractivity contribution in [1.82, 2.24) is 0 Å². The Morgan fingerprint density at radius 2 is 1.44 bits per heavy atom. The zero-order chi connectivity index (χ0) is 26.9. The maximum Gasteiger partial charge on any atom is 0.103 e. The van der Waals surface area contributed by atoms with Gasteiger partial charge in [-0.2, -0.15) is 0 Å². The molecule has 0 heterocycles. The number of nitrogens with one attached hydrogen (secondary N) is 1. The van der Waals surface area contributed by atoms with Crippen LogP contribution in [0.2, 0.25) is 0 Å². The van der Waals surface area contributed by atoms with E-state index in [-0.39, 0.29) is 0 Å². The molecule has 0 bridgehead atoms. The Labute approximate surface area is 229 Å². The number of quaternary nitrogens is 1. The number of unbranched alkanes of at least 4 members (excludes halogenated alkanes) is 8. The highest BCUT2D eigenvalue weighted by Gasteiger charge is 2.06. The van der Waals surface area contributed by atoms with Crippen molar-refractivity contribution in [2.75, 3.05) is 27.2 Å². The standard InChI is InChI=1S/C17H27N.C9H12OS.C7H16/c1-4-5-6-7-11-14-18(3)15-16(2)17-12-9-8-10-13-17;1-8-4-3-5-9(7-6-8)11-10-2;1-3-5-7-6-4-2/h8-10,12-13H,2,4-7,11,14-15H2,1,3H3;4-7H,3H2,1-2H3;3-7H2,1-2H3/p+1. The van der Waals surface area contributed by atoms with Crippen LogP contribution < -0.4 is 4.90 Å². The molecule has 36 heavy (non-hydrogen) atoms. The Morgan fingerprint density at radius 3 is 2.03 bits per heavy atom. The monoisotopic (exact) mass is 514 g/mol. The lowest BCUT2D eigenvalue weighted by Gasteiger charge is -2.15. The molecule has 1 N–H and O–H groups in total. The highest BCUT2D eigenvalue weighted by Crippen LogP contribution is 2.21. The molecule has 1 aromatic carbocycles. The molecule has 204 valence electrons. The van der Waals surface area contributed by atoms with Gasteiger partial charge in [-0.15, -0.1) is 0 Å². The molecular formula is C33H56NOS+. The predicted molar refractivity (Wildman–Crippen MR) is 165 cm³/mol. The van der Waals surface area contributed by atoms with Crippen molar-refractivity contribution in [2.24, 2.45) is 0 Å². The van der Waals surface area contributed by atoms with Crippen LogP contribution in [0.5, 0.6) is 0 Å². The molecule has 0 amide bonds. The van der Waals surface area contributed by atoms with Gasteiger partial charge < -0.3 is 9.08 Å². The van der Waals surface area contributed by atoms with Crippen LogP contribution in [0.1, 0.15) is 104 Å². The Morgan fingerprint density at radius 1 is 0.861 bits per heavy atom. The van der Waals surface area contributed by atoms with Gasteiger partial charge in [-0.25, -0.2) is 0 Å². The lowest BCUT2D eigenvalue weighted by Crippen LogP contribution is -3.09. The average Bonchev–Trinajstić information content (AvgIpc) is 3.09. The summed E-state index contributed by atoms with van der Waals surface area (Å²) in [5.74, 6) is 0. The molecule has 0 saturated carbocycles. The summed E-state index contributed by atoms with van der Waals surface area (Å²) in [6, 6.07) is 10.5. The summed E-state index contributed by atoms with van der Waals surface area (Å²) in [6.07, 6.45) is 23.4. The normalized spacial score (nSPS) is 13.3. The van der Waals surface area contributed by atoms with Gasteiger partial charge in [-0.1, -0.05) is 133 Å². The highest BCUT2D eigenvalue weighted by molar-refractivity contribution is 7.98. The first-order valence-electron chi connectivity index (χ1n) is 14.3. The van der Waals surface area contributed by atoms with Gasteiger partial charge in [0, 0.05) is 22.5 Å². The topological polar surface area (TPSA) is 13.7 Å². The maximum absolute atomic E-state index is 4.95. The minimum Gasteiger partial charge on any atom is -0.334 e. The molecule has 1 atom stereocenters. The lowest BCUT2D eigenvalue weighted by molar-refractivity contribution is -0.871. The summed E-state index contributed by atoms with van der Waals surface area (Å²) in [7, 11) is 3.96. The minimum atomic E-state index is 1.00. The summed E-state index contributed by atoms with van der Waals surface area (Å²) in [4.78, 5) is 2.75. The second-order valence-electron chi connectivity index (χ2n) is 9.70. The molecule has 1 aliphatic carbocycles. The Balaban J connectivity index is 0.000000576. The second kappa shape index (κ2) is 25.1. The third-order valence-corrected chi connectivity index (χ3v) is 6.72. The zero-order valence-corrected chi connectivity index (χ0v) is 25.2. The summed E-state index contributed by atoms with van der Waals surface area (Å²) < 4.78 is 4.95.